The molecule has 25 heavy (non-hydrogen) atoms. The van der Waals surface area contributed by atoms with E-state index in [1.807, 2.05) is 0 Å². The molecule has 3 nitrogen and oxygen atoms in total. The summed E-state index contributed by atoms with van der Waals surface area (Å²) in [6, 6.07) is 6.27. The van der Waals surface area contributed by atoms with Gasteiger partial charge in [0, 0.05) is 5.02 Å². The average molecular weight is 480 g/mol. The Balaban J connectivity index is 1.92. The molecular formula is C15H6Cl7NO2. The van der Waals surface area contributed by atoms with Gasteiger partial charge in [0.25, 0.3) is 0 Å². The minimum absolute atomic E-state index is 0.119. The standard InChI is InChI=1S/C15H6Cl7NO2/c16-5-2-1-3-6(4-5)23-11(24)7-8(12(23)25)14(20)10(18)9(17)13(7,19)15(14,21)22/h1-4,7-8H/t7-,8-,13+,14+/m1/s1. The molecule has 0 N–H and O–H groups in total. The van der Waals surface area contributed by atoms with E-state index < -0.39 is 37.7 Å². The van der Waals surface area contributed by atoms with E-state index in [-0.39, 0.29) is 10.1 Å². The van der Waals surface area contributed by atoms with Gasteiger partial charge in [0.1, 0.15) is 9.75 Å². The van der Waals surface area contributed by atoms with Gasteiger partial charge in [-0.3, -0.25) is 9.59 Å². The van der Waals surface area contributed by atoms with Crippen molar-refractivity contribution in [3.8, 4) is 0 Å². The summed E-state index contributed by atoms with van der Waals surface area (Å²) in [6.45, 7) is 0. The number of imide groups is 1. The van der Waals surface area contributed by atoms with Gasteiger partial charge in [-0.1, -0.05) is 64.1 Å². The summed E-state index contributed by atoms with van der Waals surface area (Å²) in [5, 5.41) is 0.120. The molecule has 2 aliphatic carbocycles. The molecule has 0 spiro atoms. The fraction of sp³-hybridized carbons (Fsp3) is 0.333. The molecule has 4 atom stereocenters. The van der Waals surface area contributed by atoms with Crippen LogP contribution in [0.5, 0.6) is 0 Å². The number of alkyl halides is 4. The molecular weight excluding hydrogens is 474 g/mol. The van der Waals surface area contributed by atoms with Gasteiger partial charge in [-0.2, -0.15) is 0 Å². The summed E-state index contributed by atoms with van der Waals surface area (Å²) in [4.78, 5) is 23.5. The SMILES string of the molecule is O=C1[C@H]2[C@H](C(=O)N1c1cccc(Cl)c1)[C@]1(Cl)C(Cl)=C(Cl)[C@]2(Cl)C1(Cl)Cl. The number of benzene rings is 1. The molecule has 10 heteroatoms. The minimum Gasteiger partial charge on any atom is -0.274 e. The van der Waals surface area contributed by atoms with E-state index in [2.05, 4.69) is 0 Å². The number of amides is 2. The van der Waals surface area contributed by atoms with Crippen LogP contribution in [-0.4, -0.2) is 25.9 Å². The van der Waals surface area contributed by atoms with Crippen molar-refractivity contribution < 1.29 is 9.59 Å². The number of fused-ring (bicyclic) bond motifs is 5. The molecule has 1 heterocycles. The lowest BCUT2D eigenvalue weighted by Gasteiger charge is -2.34. The van der Waals surface area contributed by atoms with Crippen molar-refractivity contribution in [1.82, 2.24) is 0 Å². The van der Waals surface area contributed by atoms with Crippen molar-refractivity contribution in [3.05, 3.63) is 39.4 Å². The van der Waals surface area contributed by atoms with E-state index in [4.69, 9.17) is 81.2 Å². The summed E-state index contributed by atoms with van der Waals surface area (Å²) in [5.41, 5.74) is 0.291. The maximum atomic E-state index is 13.1. The quantitative estimate of drug-likeness (QED) is 0.405. The molecule has 0 unspecified atom stereocenters. The van der Waals surface area contributed by atoms with Gasteiger partial charge in [0.05, 0.1) is 27.6 Å². The Kier molecular flexibility index (Phi) is 3.96. The highest BCUT2D eigenvalue weighted by Crippen LogP contribution is 2.77. The maximum absolute atomic E-state index is 13.1. The van der Waals surface area contributed by atoms with Crippen LogP contribution in [-0.2, 0) is 9.59 Å². The zero-order chi connectivity index (χ0) is 18.5. The van der Waals surface area contributed by atoms with Crippen LogP contribution in [0.25, 0.3) is 0 Å². The Labute approximate surface area is 177 Å². The van der Waals surface area contributed by atoms with Crippen molar-refractivity contribution in [2.24, 2.45) is 11.8 Å². The molecule has 4 rings (SSSR count). The number of nitrogens with zero attached hydrogens (tertiary/aromatic N) is 1. The molecule has 3 aliphatic rings. The highest BCUT2D eigenvalue weighted by Gasteiger charge is 2.87. The van der Waals surface area contributed by atoms with Crippen molar-refractivity contribution in [1.29, 1.82) is 0 Å². The fourth-order valence-corrected chi connectivity index (χ4v) is 6.98. The zero-order valence-corrected chi connectivity index (χ0v) is 17.2. The van der Waals surface area contributed by atoms with Gasteiger partial charge < -0.3 is 0 Å². The second kappa shape index (κ2) is 5.35. The third-order valence-corrected chi connectivity index (χ3v) is 9.47. The van der Waals surface area contributed by atoms with Crippen LogP contribution >= 0.6 is 81.2 Å². The largest absolute Gasteiger partial charge is 0.274 e. The van der Waals surface area contributed by atoms with Gasteiger partial charge in [-0.25, -0.2) is 4.90 Å². The highest BCUT2D eigenvalue weighted by atomic mass is 35.5. The topological polar surface area (TPSA) is 37.4 Å². The van der Waals surface area contributed by atoms with Crippen molar-refractivity contribution in [2.45, 2.75) is 14.1 Å². The van der Waals surface area contributed by atoms with Gasteiger partial charge in [0.2, 0.25) is 11.8 Å². The first-order chi connectivity index (χ1) is 11.5. The Bertz CT molecular complexity index is 838. The van der Waals surface area contributed by atoms with Crippen LogP contribution in [0, 0.1) is 11.8 Å². The zero-order valence-electron chi connectivity index (χ0n) is 11.9. The summed E-state index contributed by atoms with van der Waals surface area (Å²) >= 11 is 44.5. The first kappa shape index (κ1) is 18.5. The van der Waals surface area contributed by atoms with E-state index >= 15 is 0 Å². The molecule has 1 saturated carbocycles. The number of hydrogen-bond acceptors (Lipinski definition) is 2. The number of anilines is 1. The molecule has 2 fully saturated rings. The third kappa shape index (κ3) is 1.84. The second-order valence-corrected chi connectivity index (χ2v) is 9.79. The number of carbonyl (C=O) groups is 2. The lowest BCUT2D eigenvalue weighted by molar-refractivity contribution is -0.123. The minimum atomic E-state index is -1.93. The number of rotatable bonds is 1. The van der Waals surface area contributed by atoms with Crippen molar-refractivity contribution >= 4 is 98.7 Å². The molecule has 0 radical (unpaired) electrons. The number of allylic oxidation sites excluding steroid dienone is 2. The third-order valence-electron chi connectivity index (χ3n) is 4.98. The highest BCUT2D eigenvalue weighted by molar-refractivity contribution is 6.67. The van der Waals surface area contributed by atoms with Crippen LogP contribution in [0.1, 0.15) is 0 Å². The Hall–Kier alpha value is 0.130. The van der Waals surface area contributed by atoms with E-state index in [1.165, 1.54) is 6.07 Å². The van der Waals surface area contributed by atoms with Crippen LogP contribution in [0.3, 0.4) is 0 Å². The molecule has 1 saturated heterocycles. The molecule has 1 aliphatic heterocycles. The molecule has 1 aromatic carbocycles. The van der Waals surface area contributed by atoms with E-state index in [0.29, 0.717) is 10.7 Å². The summed E-state index contributed by atoms with van der Waals surface area (Å²) < 4.78 is -1.93. The molecule has 2 amide bonds. The lowest BCUT2D eigenvalue weighted by atomic mass is 9.84. The van der Waals surface area contributed by atoms with E-state index in [9.17, 15) is 9.59 Å². The Morgan fingerprint density at radius 2 is 1.32 bits per heavy atom. The summed E-state index contributed by atoms with van der Waals surface area (Å²) in [7, 11) is 0. The fourth-order valence-electron chi connectivity index (χ4n) is 3.86. The molecule has 0 aromatic heterocycles. The Morgan fingerprint density at radius 1 is 0.840 bits per heavy atom. The molecule has 1 aromatic rings. The number of halogens is 7. The smallest absolute Gasteiger partial charge is 0.240 e. The van der Waals surface area contributed by atoms with Gasteiger partial charge >= 0.3 is 0 Å². The van der Waals surface area contributed by atoms with Gasteiger partial charge in [0.15, 0.2) is 4.33 Å². The van der Waals surface area contributed by atoms with Crippen LogP contribution in [0.15, 0.2) is 34.3 Å². The van der Waals surface area contributed by atoms with Crippen molar-refractivity contribution in [3.63, 3.8) is 0 Å². The normalized spacial score (nSPS) is 38.8. The van der Waals surface area contributed by atoms with Crippen LogP contribution in [0.2, 0.25) is 5.02 Å². The van der Waals surface area contributed by atoms with Gasteiger partial charge in [-0.15, -0.1) is 23.2 Å². The van der Waals surface area contributed by atoms with Crippen LogP contribution in [0.4, 0.5) is 5.69 Å². The predicted molar refractivity (Wildman–Crippen MR) is 101 cm³/mol. The first-order valence-electron chi connectivity index (χ1n) is 6.96. The first-order valence-corrected chi connectivity index (χ1v) is 9.61. The average Bonchev–Trinajstić information content (AvgIpc) is 2.92. The molecule has 2 bridgehead atoms. The summed E-state index contributed by atoms with van der Waals surface area (Å²) in [5.74, 6) is -3.52. The van der Waals surface area contributed by atoms with Crippen LogP contribution < -0.4 is 4.90 Å². The van der Waals surface area contributed by atoms with E-state index in [1.54, 1.807) is 18.2 Å². The second-order valence-electron chi connectivity index (χ2n) is 6.07. The number of carbonyl (C=O) groups excluding carboxylic acids is 2. The monoisotopic (exact) mass is 477 g/mol. The summed E-state index contributed by atoms with van der Waals surface area (Å²) in [6.07, 6.45) is 0. The Morgan fingerprint density at radius 3 is 1.76 bits per heavy atom. The maximum Gasteiger partial charge on any atom is 0.240 e. The number of hydrogen-bond donors (Lipinski definition) is 0. The molecule has 132 valence electrons. The lowest BCUT2D eigenvalue weighted by Crippen LogP contribution is -2.50. The van der Waals surface area contributed by atoms with Gasteiger partial charge in [-0.05, 0) is 18.2 Å². The van der Waals surface area contributed by atoms with Crippen molar-refractivity contribution in [2.75, 3.05) is 4.90 Å². The predicted octanol–water partition coefficient (Wildman–Crippen LogP) is 5.29. The van der Waals surface area contributed by atoms with E-state index in [0.717, 1.165) is 4.90 Å².